The Hall–Kier alpha value is -5.41. The second-order valence-corrected chi connectivity index (χ2v) is 16.5. The Morgan fingerprint density at radius 3 is 1.97 bits per heavy atom. The molecule has 1 aliphatic rings. The van der Waals surface area contributed by atoms with Gasteiger partial charge in [0.05, 0.1) is 43.4 Å². The van der Waals surface area contributed by atoms with Crippen LogP contribution in [0.2, 0.25) is 0 Å². The van der Waals surface area contributed by atoms with Crippen molar-refractivity contribution in [2.75, 3.05) is 26.4 Å². The molecule has 1 fully saturated rings. The minimum Gasteiger partial charge on any atom is -0.379 e. The van der Waals surface area contributed by atoms with E-state index in [0.29, 0.717) is 25.1 Å². The maximum Gasteiger partial charge on any atom is 0.268 e. The largest absolute Gasteiger partial charge is 0.379 e. The summed E-state index contributed by atoms with van der Waals surface area (Å²) in [6.07, 6.45) is 4.34. The van der Waals surface area contributed by atoms with Crippen LogP contribution in [0, 0.1) is 0 Å². The fraction of sp³-hybridized carbons (Fsp3) is 0.340. The Labute approximate surface area is 356 Å². The van der Waals surface area contributed by atoms with Crippen molar-refractivity contribution in [2.45, 2.75) is 81.1 Å². The van der Waals surface area contributed by atoms with Crippen molar-refractivity contribution in [1.82, 2.24) is 8.96 Å². The lowest BCUT2D eigenvalue weighted by Crippen LogP contribution is -2.61. The molecule has 0 radical (unpaired) electrons. The average Bonchev–Trinajstić information content (AvgIpc) is 3.69. The summed E-state index contributed by atoms with van der Waals surface area (Å²) in [5.41, 5.74) is 12.9. The van der Waals surface area contributed by atoms with Crippen LogP contribution >= 0.6 is 0 Å². The number of unbranched alkanes of at least 4 members (excludes halogenated alkanes) is 2. The average molecular weight is 846 g/mol. The molecule has 2 aromatic heterocycles. The standard InChI is InChI=1S/C47H51N5O8S/c48-51-50-26-13-4-14-29-55-35-43-44(57-34-38-23-27-49-28-24-38)45(58-32-36-15-5-1-6-16-36)46(59-33-37-17-7-2-8-18-37)47(60-43)56-30-25-39-31-52(42-22-12-11-21-41(39)42)61(53,54)40-19-9-3-10-20-40/h1-3,5-12,15-24,27-28,31,43-47H,4,13-14,25-26,29-30,32-35H2/t43-,44-,45+,46-,47-/m1/s1. The fourth-order valence-electron chi connectivity index (χ4n) is 7.33. The summed E-state index contributed by atoms with van der Waals surface area (Å²) in [6, 6.07) is 39.5. The molecule has 61 heavy (non-hydrogen) atoms. The van der Waals surface area contributed by atoms with Crippen molar-refractivity contribution < 1.29 is 36.8 Å². The predicted molar refractivity (Wildman–Crippen MR) is 231 cm³/mol. The highest BCUT2D eigenvalue weighted by Crippen LogP contribution is 2.33. The Balaban J connectivity index is 1.17. The number of benzene rings is 4. The molecule has 1 saturated heterocycles. The fourth-order valence-corrected chi connectivity index (χ4v) is 8.75. The first kappa shape index (κ1) is 43.7. The number of nitrogens with zero attached hydrogens (tertiary/aromatic N) is 5. The molecule has 0 amide bonds. The molecule has 4 aromatic carbocycles. The normalized spacial score (nSPS) is 19.1. The Bertz CT molecular complexity index is 2380. The van der Waals surface area contributed by atoms with E-state index >= 15 is 0 Å². The molecule has 0 unspecified atom stereocenters. The molecule has 0 N–H and O–H groups in total. The van der Waals surface area contributed by atoms with Crippen LogP contribution in [0.15, 0.2) is 156 Å². The first-order valence-corrected chi connectivity index (χ1v) is 22.0. The topological polar surface area (TPSA) is 156 Å². The number of pyridine rings is 1. The highest BCUT2D eigenvalue weighted by atomic mass is 32.2. The molecular weight excluding hydrogens is 795 g/mol. The number of para-hydroxylation sites is 1. The quantitative estimate of drug-likeness (QED) is 0.0266. The summed E-state index contributed by atoms with van der Waals surface area (Å²) < 4.78 is 69.1. The van der Waals surface area contributed by atoms with E-state index in [2.05, 4.69) is 15.0 Å². The van der Waals surface area contributed by atoms with E-state index in [1.54, 1.807) is 48.9 Å². The van der Waals surface area contributed by atoms with Gasteiger partial charge in [-0.3, -0.25) is 4.98 Å². The summed E-state index contributed by atoms with van der Waals surface area (Å²) >= 11 is 0. The van der Waals surface area contributed by atoms with E-state index in [4.69, 9.17) is 34.0 Å². The summed E-state index contributed by atoms with van der Waals surface area (Å²) in [5, 5.41) is 4.44. The van der Waals surface area contributed by atoms with E-state index in [1.807, 2.05) is 97.1 Å². The van der Waals surface area contributed by atoms with Crippen molar-refractivity contribution in [2.24, 2.45) is 5.11 Å². The molecule has 318 valence electrons. The van der Waals surface area contributed by atoms with E-state index in [0.717, 1.165) is 46.9 Å². The van der Waals surface area contributed by atoms with Crippen LogP contribution in [0.5, 0.6) is 0 Å². The Kier molecular flexibility index (Phi) is 16.1. The SMILES string of the molecule is [N-]=[N+]=NCCCCCOC[C@H]1O[C@@H](OCCc2cn(S(=O)(=O)c3ccccc3)c3ccccc23)[C@H](OCc2ccccc2)[C@@H](OCc2ccccc2)[C@@H]1OCc1ccncc1. The summed E-state index contributed by atoms with van der Waals surface area (Å²) in [5.74, 6) is 0. The molecule has 0 saturated carbocycles. The van der Waals surface area contributed by atoms with Gasteiger partial charge in [-0.1, -0.05) is 109 Å². The monoisotopic (exact) mass is 845 g/mol. The smallest absolute Gasteiger partial charge is 0.268 e. The molecule has 5 atom stereocenters. The minimum atomic E-state index is -3.86. The molecule has 6 aromatic rings. The van der Waals surface area contributed by atoms with E-state index in [9.17, 15) is 8.42 Å². The van der Waals surface area contributed by atoms with Crippen LogP contribution in [-0.4, -0.2) is 74.4 Å². The zero-order chi connectivity index (χ0) is 42.1. The van der Waals surface area contributed by atoms with Crippen LogP contribution in [0.3, 0.4) is 0 Å². The third-order valence-corrected chi connectivity index (χ3v) is 12.1. The van der Waals surface area contributed by atoms with Gasteiger partial charge in [0.1, 0.15) is 24.4 Å². The number of hydrogen-bond acceptors (Lipinski definition) is 10. The molecule has 0 aliphatic carbocycles. The first-order valence-electron chi connectivity index (χ1n) is 20.6. The second-order valence-electron chi connectivity index (χ2n) is 14.7. The number of aromatic nitrogens is 2. The number of ether oxygens (including phenoxy) is 6. The molecule has 14 heteroatoms. The summed E-state index contributed by atoms with van der Waals surface area (Å²) in [6.45, 7) is 2.11. The van der Waals surface area contributed by atoms with Crippen molar-refractivity contribution >= 4 is 20.9 Å². The zero-order valence-electron chi connectivity index (χ0n) is 33.9. The molecule has 13 nitrogen and oxygen atoms in total. The van der Waals surface area contributed by atoms with Crippen LogP contribution in [0.25, 0.3) is 21.3 Å². The maximum absolute atomic E-state index is 13.8. The number of fused-ring (bicyclic) bond motifs is 1. The molecule has 0 spiro atoms. The van der Waals surface area contributed by atoms with Gasteiger partial charge in [0.2, 0.25) is 0 Å². The van der Waals surface area contributed by atoms with Gasteiger partial charge in [0, 0.05) is 42.0 Å². The van der Waals surface area contributed by atoms with Gasteiger partial charge in [-0.25, -0.2) is 12.4 Å². The van der Waals surface area contributed by atoms with Crippen LogP contribution < -0.4 is 0 Å². The predicted octanol–water partition coefficient (Wildman–Crippen LogP) is 8.81. The highest BCUT2D eigenvalue weighted by molar-refractivity contribution is 7.90. The van der Waals surface area contributed by atoms with Gasteiger partial charge in [-0.15, -0.1) is 0 Å². The number of hydrogen-bond donors (Lipinski definition) is 0. The lowest BCUT2D eigenvalue weighted by molar-refractivity contribution is -0.328. The third kappa shape index (κ3) is 11.9. The third-order valence-electron chi connectivity index (χ3n) is 10.5. The van der Waals surface area contributed by atoms with E-state index in [-0.39, 0.29) is 37.9 Å². The molecular formula is C47H51N5O8S. The van der Waals surface area contributed by atoms with E-state index in [1.165, 1.54) is 3.97 Å². The van der Waals surface area contributed by atoms with Crippen molar-refractivity contribution in [3.8, 4) is 0 Å². The lowest BCUT2D eigenvalue weighted by Gasteiger charge is -2.46. The Morgan fingerprint density at radius 2 is 1.28 bits per heavy atom. The molecule has 0 bridgehead atoms. The van der Waals surface area contributed by atoms with Crippen LogP contribution in [-0.2, 0) is 64.7 Å². The van der Waals surface area contributed by atoms with Crippen molar-refractivity contribution in [3.05, 3.63) is 179 Å². The van der Waals surface area contributed by atoms with Crippen molar-refractivity contribution in [3.63, 3.8) is 0 Å². The van der Waals surface area contributed by atoms with E-state index < -0.39 is 40.7 Å². The number of azide groups is 1. The lowest BCUT2D eigenvalue weighted by atomic mass is 9.97. The van der Waals surface area contributed by atoms with Gasteiger partial charge < -0.3 is 28.4 Å². The zero-order valence-corrected chi connectivity index (χ0v) is 34.7. The van der Waals surface area contributed by atoms with Gasteiger partial charge in [0.25, 0.3) is 10.0 Å². The van der Waals surface area contributed by atoms with Crippen LogP contribution in [0.4, 0.5) is 0 Å². The van der Waals surface area contributed by atoms with Crippen molar-refractivity contribution in [1.29, 1.82) is 0 Å². The number of rotatable bonds is 23. The highest BCUT2D eigenvalue weighted by Gasteiger charge is 2.49. The summed E-state index contributed by atoms with van der Waals surface area (Å²) in [7, 11) is -3.86. The Morgan fingerprint density at radius 1 is 0.672 bits per heavy atom. The summed E-state index contributed by atoms with van der Waals surface area (Å²) in [4.78, 5) is 7.21. The van der Waals surface area contributed by atoms with Gasteiger partial charge in [-0.05, 0) is 77.4 Å². The molecule has 3 heterocycles. The van der Waals surface area contributed by atoms with Crippen LogP contribution in [0.1, 0.15) is 41.5 Å². The minimum absolute atomic E-state index is 0.182. The maximum atomic E-state index is 13.8. The molecule has 7 rings (SSSR count). The van der Waals surface area contributed by atoms with Gasteiger partial charge in [-0.2, -0.15) is 0 Å². The second kappa shape index (κ2) is 22.4. The van der Waals surface area contributed by atoms with Gasteiger partial charge in [0.15, 0.2) is 6.29 Å². The first-order chi connectivity index (χ1) is 30.0. The van der Waals surface area contributed by atoms with Gasteiger partial charge >= 0.3 is 0 Å². The molecule has 1 aliphatic heterocycles.